The molecule has 2 amide bonds. The number of nitrogens with one attached hydrogen (secondary N) is 2. The molecule has 0 saturated carbocycles. The van der Waals surface area contributed by atoms with Crippen LogP contribution in [0.4, 0.5) is 0 Å². The van der Waals surface area contributed by atoms with Gasteiger partial charge in [0.15, 0.2) is 15.8 Å². The van der Waals surface area contributed by atoms with Crippen LogP contribution in [0.3, 0.4) is 0 Å². The van der Waals surface area contributed by atoms with E-state index in [0.717, 1.165) is 4.90 Å². The second-order valence-corrected chi connectivity index (χ2v) is 12.0. The number of amides is 2. The first-order valence-corrected chi connectivity index (χ1v) is 14.7. The first kappa shape index (κ1) is 32.6. The topological polar surface area (TPSA) is 267 Å². The Labute approximate surface area is 216 Å². The molecule has 0 aromatic heterocycles. The highest BCUT2D eigenvalue weighted by Crippen LogP contribution is 2.30. The molecule has 214 valence electrons. The normalized spacial score (nSPS) is 18.6. The third-order valence-electron chi connectivity index (χ3n) is 5.83. The number of guanidine groups is 1. The van der Waals surface area contributed by atoms with Crippen LogP contribution in [0.5, 0.6) is 0 Å². The van der Waals surface area contributed by atoms with Crippen molar-refractivity contribution in [2.24, 2.45) is 22.2 Å². The molecule has 1 heterocycles. The Morgan fingerprint density at radius 1 is 1.24 bits per heavy atom. The summed E-state index contributed by atoms with van der Waals surface area (Å²) in [5, 5.41) is 2.53. The molecule has 1 fully saturated rings. The highest BCUT2D eigenvalue weighted by molar-refractivity contribution is 7.93. The van der Waals surface area contributed by atoms with Gasteiger partial charge >= 0.3 is 10.4 Å². The zero-order valence-corrected chi connectivity index (χ0v) is 22.3. The number of carbonyl (C=O) groups excluding carboxylic acids is 3. The van der Waals surface area contributed by atoms with Crippen LogP contribution in [0, 0.1) is 0 Å². The average molecular weight is 572 g/mol. The van der Waals surface area contributed by atoms with E-state index < -0.39 is 61.2 Å². The monoisotopic (exact) mass is 571 g/mol. The van der Waals surface area contributed by atoms with Crippen molar-refractivity contribution in [3.8, 4) is 0 Å². The Bertz CT molecular complexity index is 1030. The third-order valence-corrected chi connectivity index (χ3v) is 8.41. The van der Waals surface area contributed by atoms with Crippen molar-refractivity contribution in [1.82, 2.24) is 15.7 Å². The lowest BCUT2D eigenvalue weighted by Gasteiger charge is -2.36. The van der Waals surface area contributed by atoms with E-state index in [0.29, 0.717) is 25.5 Å². The van der Waals surface area contributed by atoms with Gasteiger partial charge in [0.05, 0.1) is 6.04 Å². The fourth-order valence-corrected chi connectivity index (χ4v) is 5.73. The van der Waals surface area contributed by atoms with Gasteiger partial charge in [0.2, 0.25) is 10.8 Å². The van der Waals surface area contributed by atoms with Crippen molar-refractivity contribution >= 4 is 44.3 Å². The van der Waals surface area contributed by atoms with Crippen molar-refractivity contribution in [3.05, 3.63) is 0 Å². The lowest BCUT2D eigenvalue weighted by atomic mass is 10.1. The molecule has 0 aromatic rings. The fourth-order valence-electron chi connectivity index (χ4n) is 3.93. The maximum absolute atomic E-state index is 13.7. The lowest BCUT2D eigenvalue weighted by Crippen LogP contribution is -2.65. The van der Waals surface area contributed by atoms with Crippen LogP contribution in [-0.2, 0) is 38.9 Å². The third kappa shape index (κ3) is 9.46. The number of likely N-dealkylation sites (tertiary alicyclic amines) is 1. The molecule has 9 N–H and O–H groups in total. The van der Waals surface area contributed by atoms with Gasteiger partial charge in [-0.05, 0) is 51.5 Å². The van der Waals surface area contributed by atoms with E-state index in [-0.39, 0.29) is 44.9 Å². The quantitative estimate of drug-likeness (QED) is 0.0259. The maximum Gasteiger partial charge on any atom is 0.413 e. The van der Waals surface area contributed by atoms with Crippen LogP contribution in [0.15, 0.2) is 4.99 Å². The van der Waals surface area contributed by atoms with Gasteiger partial charge in [-0.2, -0.15) is 18.2 Å². The van der Waals surface area contributed by atoms with E-state index >= 15 is 0 Å². The number of nitrogens with zero attached hydrogens (tertiary/aromatic N) is 2. The number of unbranched alkanes of at least 4 members (excludes halogenated alkanes) is 1. The number of aliphatic imine (C=N–C) groups is 1. The summed E-state index contributed by atoms with van der Waals surface area (Å²) in [5.41, 5.74) is 17.8. The number of sulfone groups is 1. The number of hydrogen-bond donors (Lipinski definition) is 6. The SMILES string of the molecule is CCS(=O)(=O)[C@](CCCCN)(NOS(=O)(=O)O)C(=O)N1CCC[C@H]1C(=O)N[C@H](C=O)CCCN=C(N)N. The van der Waals surface area contributed by atoms with Gasteiger partial charge < -0.3 is 32.2 Å². The van der Waals surface area contributed by atoms with Crippen LogP contribution < -0.4 is 28.0 Å². The molecule has 3 atom stereocenters. The fraction of sp³-hybridized carbons (Fsp3) is 0.789. The minimum Gasteiger partial charge on any atom is -0.370 e. The first-order valence-electron chi connectivity index (χ1n) is 11.7. The molecule has 0 radical (unpaired) electrons. The Balaban J connectivity index is 3.24. The Morgan fingerprint density at radius 2 is 1.92 bits per heavy atom. The summed E-state index contributed by atoms with van der Waals surface area (Å²) >= 11 is 0. The van der Waals surface area contributed by atoms with Crippen LogP contribution in [0.2, 0.25) is 0 Å². The highest BCUT2D eigenvalue weighted by Gasteiger charge is 2.54. The molecule has 0 aromatic carbocycles. The van der Waals surface area contributed by atoms with Crippen LogP contribution in [-0.4, -0.2) is 92.7 Å². The van der Waals surface area contributed by atoms with Gasteiger partial charge in [0.1, 0.15) is 12.3 Å². The van der Waals surface area contributed by atoms with E-state index in [4.69, 9.17) is 21.8 Å². The standard InChI is InChI=1S/C19H37N7O9S2/c1-2-36(30,31)19(9-3-4-10-20,25-35-37(32,33)34)17(29)26-12-6-8-15(26)16(28)24-14(13-27)7-5-11-23-18(21)22/h13-15,25H,2-12,20H2,1H3,(H,24,28)(H4,21,22,23)(H,32,33,34)/t14-,15-,19-/m0/s1. The Morgan fingerprint density at radius 3 is 2.46 bits per heavy atom. The predicted molar refractivity (Wildman–Crippen MR) is 134 cm³/mol. The maximum atomic E-state index is 13.7. The van der Waals surface area contributed by atoms with Gasteiger partial charge in [-0.25, -0.2) is 8.42 Å². The summed E-state index contributed by atoms with van der Waals surface area (Å²) in [4.78, 5) is 40.4. The predicted octanol–water partition coefficient (Wildman–Crippen LogP) is -2.70. The lowest BCUT2D eigenvalue weighted by molar-refractivity contribution is -0.143. The second-order valence-electron chi connectivity index (χ2n) is 8.45. The van der Waals surface area contributed by atoms with Gasteiger partial charge in [-0.15, -0.1) is 0 Å². The summed E-state index contributed by atoms with van der Waals surface area (Å²) in [6.45, 7) is 1.63. The van der Waals surface area contributed by atoms with Gasteiger partial charge in [0, 0.05) is 18.8 Å². The Kier molecular flexibility index (Phi) is 12.8. The van der Waals surface area contributed by atoms with Crippen LogP contribution >= 0.6 is 0 Å². The van der Waals surface area contributed by atoms with E-state index in [1.807, 2.05) is 0 Å². The van der Waals surface area contributed by atoms with Crippen molar-refractivity contribution in [3.63, 3.8) is 0 Å². The number of carbonyl (C=O) groups is 3. The smallest absolute Gasteiger partial charge is 0.370 e. The van der Waals surface area contributed by atoms with Crippen LogP contribution in [0.1, 0.15) is 51.9 Å². The summed E-state index contributed by atoms with van der Waals surface area (Å²) in [6.07, 6.45) is 1.56. The van der Waals surface area contributed by atoms with Gasteiger partial charge in [0.25, 0.3) is 5.91 Å². The molecule has 0 bridgehead atoms. The van der Waals surface area contributed by atoms with Gasteiger partial charge in [-0.3, -0.25) is 19.1 Å². The van der Waals surface area contributed by atoms with E-state index in [1.165, 1.54) is 6.92 Å². The largest absolute Gasteiger partial charge is 0.413 e. The molecule has 1 rings (SSSR count). The highest BCUT2D eigenvalue weighted by atomic mass is 32.3. The zero-order chi connectivity index (χ0) is 28.3. The first-order chi connectivity index (χ1) is 17.2. The molecule has 0 spiro atoms. The minimum atomic E-state index is -5.19. The molecule has 1 aliphatic heterocycles. The summed E-state index contributed by atoms with van der Waals surface area (Å²) in [5.74, 6) is -2.51. The summed E-state index contributed by atoms with van der Waals surface area (Å²) in [6, 6.07) is -2.05. The second kappa shape index (κ2) is 14.5. The molecule has 37 heavy (non-hydrogen) atoms. The molecule has 18 heteroatoms. The van der Waals surface area contributed by atoms with E-state index in [1.54, 1.807) is 5.48 Å². The number of rotatable bonds is 17. The van der Waals surface area contributed by atoms with E-state index in [9.17, 15) is 31.2 Å². The Hall–Kier alpha value is -2.38. The molecular formula is C19H37N7O9S2. The van der Waals surface area contributed by atoms with E-state index in [2.05, 4.69) is 14.6 Å². The average Bonchev–Trinajstić information content (AvgIpc) is 3.32. The number of nitrogens with two attached hydrogens (primary N) is 3. The van der Waals surface area contributed by atoms with Crippen LogP contribution in [0.25, 0.3) is 0 Å². The minimum absolute atomic E-state index is 0.0153. The molecule has 16 nitrogen and oxygen atoms in total. The van der Waals surface area contributed by atoms with Gasteiger partial charge in [-0.1, -0.05) is 6.92 Å². The molecule has 1 aliphatic rings. The number of aldehydes is 1. The number of hydrogen-bond acceptors (Lipinski definition) is 11. The summed E-state index contributed by atoms with van der Waals surface area (Å²) < 4.78 is 62.0. The van der Waals surface area contributed by atoms with Crippen molar-refractivity contribution in [2.45, 2.75) is 68.8 Å². The number of hydroxylamine groups is 1. The van der Waals surface area contributed by atoms with Crippen molar-refractivity contribution in [2.75, 3.05) is 25.4 Å². The molecule has 1 saturated heterocycles. The summed E-state index contributed by atoms with van der Waals surface area (Å²) in [7, 11) is -9.62. The molecular weight excluding hydrogens is 534 g/mol. The molecule has 0 aliphatic carbocycles. The van der Waals surface area contributed by atoms with Crippen molar-refractivity contribution in [1.29, 1.82) is 0 Å². The van der Waals surface area contributed by atoms with Crippen molar-refractivity contribution < 1.29 is 40.1 Å². The molecule has 0 unspecified atom stereocenters. The zero-order valence-electron chi connectivity index (χ0n) is 20.7.